The summed E-state index contributed by atoms with van der Waals surface area (Å²) in [6, 6.07) is 9.37. The number of H-pyrrole nitrogens is 1. The predicted octanol–water partition coefficient (Wildman–Crippen LogP) is 2.55. The monoisotopic (exact) mass is 327 g/mol. The molecule has 2 heterocycles. The molecule has 0 spiro atoms. The highest BCUT2D eigenvalue weighted by Gasteiger charge is 2.10. The molecule has 0 unspecified atom stereocenters. The predicted molar refractivity (Wildman–Crippen MR) is 92.6 cm³/mol. The van der Waals surface area contributed by atoms with Crippen LogP contribution in [-0.4, -0.2) is 26.2 Å². The summed E-state index contributed by atoms with van der Waals surface area (Å²) in [5.41, 5.74) is 1.66. The number of aromatic amines is 1. The highest BCUT2D eigenvalue weighted by atomic mass is 16.5. The average molecular weight is 327 g/mol. The third-order valence-electron chi connectivity index (χ3n) is 3.64. The summed E-state index contributed by atoms with van der Waals surface area (Å²) in [5, 5.41) is 6.10. The molecule has 3 rings (SSSR count). The fraction of sp³-hybridized carbons (Fsp3) is 0.353. The number of hydrogen-bond acceptors (Lipinski definition) is 5. The van der Waals surface area contributed by atoms with E-state index in [0.29, 0.717) is 24.9 Å². The first-order valence-corrected chi connectivity index (χ1v) is 8.02. The maximum atomic E-state index is 12.1. The Balaban J connectivity index is 1.75. The normalized spacial score (nSPS) is 11.2. The van der Waals surface area contributed by atoms with Crippen molar-refractivity contribution >= 4 is 11.7 Å². The van der Waals surface area contributed by atoms with Gasteiger partial charge in [-0.15, -0.1) is 0 Å². The molecular weight excluding hydrogens is 306 g/mol. The Kier molecular flexibility index (Phi) is 4.50. The van der Waals surface area contributed by atoms with Gasteiger partial charge >= 0.3 is 0 Å². The van der Waals surface area contributed by atoms with Crippen molar-refractivity contribution in [1.29, 1.82) is 0 Å². The molecule has 0 atom stereocenters. The smallest absolute Gasteiger partial charge is 0.274 e. The van der Waals surface area contributed by atoms with Gasteiger partial charge in [-0.3, -0.25) is 9.89 Å². The summed E-state index contributed by atoms with van der Waals surface area (Å²) in [6.07, 6.45) is 0. The fourth-order valence-corrected chi connectivity index (χ4v) is 2.33. The lowest BCUT2D eigenvalue weighted by Gasteiger charge is -2.05. The molecule has 0 aliphatic carbocycles. The summed E-state index contributed by atoms with van der Waals surface area (Å²) in [6.45, 7) is 7.18. The van der Waals surface area contributed by atoms with Gasteiger partial charge in [0.25, 0.3) is 11.3 Å². The van der Waals surface area contributed by atoms with Crippen molar-refractivity contribution in [3.05, 3.63) is 51.9 Å². The van der Waals surface area contributed by atoms with Gasteiger partial charge < -0.3 is 10.1 Å². The molecular formula is C17H21N5O2. The van der Waals surface area contributed by atoms with Crippen LogP contribution in [0.4, 0.5) is 5.95 Å². The lowest BCUT2D eigenvalue weighted by atomic mass is 10.1. The van der Waals surface area contributed by atoms with E-state index in [2.05, 4.69) is 20.4 Å². The van der Waals surface area contributed by atoms with E-state index in [1.165, 1.54) is 10.6 Å². The Morgan fingerprint density at radius 3 is 2.67 bits per heavy atom. The number of hydrogen-bond donors (Lipinski definition) is 2. The second-order valence-electron chi connectivity index (χ2n) is 5.81. The highest BCUT2D eigenvalue weighted by Crippen LogP contribution is 2.14. The van der Waals surface area contributed by atoms with Crippen molar-refractivity contribution in [3.8, 4) is 5.75 Å². The second kappa shape index (κ2) is 6.74. The average Bonchev–Trinajstić information content (AvgIpc) is 2.98. The van der Waals surface area contributed by atoms with Crippen molar-refractivity contribution in [1.82, 2.24) is 19.6 Å². The van der Waals surface area contributed by atoms with Crippen LogP contribution in [0, 0.1) is 0 Å². The Hall–Kier alpha value is -2.83. The SMILES string of the molecule is CCOc1ccc(CNc2nc3nc(C(C)C)cc(=O)n3[nH]2)cc1. The van der Waals surface area contributed by atoms with Crippen LogP contribution in [0.25, 0.3) is 5.78 Å². The molecule has 0 saturated heterocycles. The fourth-order valence-electron chi connectivity index (χ4n) is 2.33. The highest BCUT2D eigenvalue weighted by molar-refractivity contribution is 5.38. The van der Waals surface area contributed by atoms with E-state index in [9.17, 15) is 4.79 Å². The van der Waals surface area contributed by atoms with Gasteiger partial charge in [0.15, 0.2) is 0 Å². The standard InChI is InChI=1S/C17H21N5O2/c1-4-24-13-7-5-12(6-8-13)10-18-16-20-17-19-14(11(2)3)9-15(23)22(17)21-16/h5-9,11H,4,10H2,1-3H3,(H2,18,19,20,21). The van der Waals surface area contributed by atoms with Crippen LogP contribution in [0.5, 0.6) is 5.75 Å². The van der Waals surface area contributed by atoms with Gasteiger partial charge in [-0.25, -0.2) is 4.98 Å². The molecule has 0 bridgehead atoms. The van der Waals surface area contributed by atoms with Gasteiger partial charge in [0.1, 0.15) is 5.75 Å². The quantitative estimate of drug-likeness (QED) is 0.727. The van der Waals surface area contributed by atoms with Gasteiger partial charge in [-0.1, -0.05) is 26.0 Å². The molecule has 0 aliphatic rings. The maximum Gasteiger partial charge on any atom is 0.274 e. The molecule has 1 aromatic carbocycles. The van der Waals surface area contributed by atoms with Crippen molar-refractivity contribution in [2.75, 3.05) is 11.9 Å². The van der Waals surface area contributed by atoms with Crippen molar-refractivity contribution in [2.45, 2.75) is 33.2 Å². The molecule has 2 N–H and O–H groups in total. The summed E-state index contributed by atoms with van der Waals surface area (Å²) in [4.78, 5) is 20.8. The first kappa shape index (κ1) is 16.0. The van der Waals surface area contributed by atoms with E-state index < -0.39 is 0 Å². The van der Waals surface area contributed by atoms with Crippen molar-refractivity contribution in [2.24, 2.45) is 0 Å². The largest absolute Gasteiger partial charge is 0.494 e. The van der Waals surface area contributed by atoms with Crippen LogP contribution in [0.1, 0.15) is 37.9 Å². The van der Waals surface area contributed by atoms with Crippen LogP contribution < -0.4 is 15.6 Å². The molecule has 0 aliphatic heterocycles. The Morgan fingerprint density at radius 1 is 1.25 bits per heavy atom. The summed E-state index contributed by atoms with van der Waals surface area (Å²) >= 11 is 0. The van der Waals surface area contributed by atoms with Crippen molar-refractivity contribution < 1.29 is 4.74 Å². The first-order valence-electron chi connectivity index (χ1n) is 8.02. The summed E-state index contributed by atoms with van der Waals surface area (Å²) in [5.74, 6) is 1.91. The topological polar surface area (TPSA) is 84.3 Å². The summed E-state index contributed by atoms with van der Waals surface area (Å²) in [7, 11) is 0. The molecule has 0 amide bonds. The minimum atomic E-state index is -0.162. The van der Waals surface area contributed by atoms with Crippen molar-refractivity contribution in [3.63, 3.8) is 0 Å². The molecule has 3 aromatic rings. The molecule has 0 fully saturated rings. The van der Waals surface area contributed by atoms with Gasteiger partial charge in [-0.05, 0) is 30.5 Å². The zero-order chi connectivity index (χ0) is 17.1. The van der Waals surface area contributed by atoms with Crippen LogP contribution in [-0.2, 0) is 6.54 Å². The third-order valence-corrected chi connectivity index (χ3v) is 3.64. The number of ether oxygens (including phenoxy) is 1. The van der Waals surface area contributed by atoms with E-state index in [0.717, 1.165) is 17.0 Å². The number of nitrogens with zero attached hydrogens (tertiary/aromatic N) is 3. The molecule has 24 heavy (non-hydrogen) atoms. The maximum absolute atomic E-state index is 12.1. The van der Waals surface area contributed by atoms with Crippen LogP contribution in [0.3, 0.4) is 0 Å². The molecule has 0 radical (unpaired) electrons. The minimum Gasteiger partial charge on any atom is -0.494 e. The van der Waals surface area contributed by atoms with Crippen LogP contribution >= 0.6 is 0 Å². The molecule has 7 nitrogen and oxygen atoms in total. The third kappa shape index (κ3) is 3.40. The Morgan fingerprint density at radius 2 is 2.00 bits per heavy atom. The number of fused-ring (bicyclic) bond motifs is 1. The van der Waals surface area contributed by atoms with E-state index >= 15 is 0 Å². The van der Waals surface area contributed by atoms with Crippen LogP contribution in [0.15, 0.2) is 35.1 Å². The molecule has 2 aromatic heterocycles. The zero-order valence-electron chi connectivity index (χ0n) is 14.0. The molecule has 126 valence electrons. The number of anilines is 1. The van der Waals surface area contributed by atoms with E-state index in [-0.39, 0.29) is 11.5 Å². The second-order valence-corrected chi connectivity index (χ2v) is 5.81. The minimum absolute atomic E-state index is 0.162. The number of rotatable bonds is 6. The number of benzene rings is 1. The molecule has 7 heteroatoms. The van der Waals surface area contributed by atoms with E-state index in [4.69, 9.17) is 4.74 Å². The first-order chi connectivity index (χ1) is 11.6. The lowest BCUT2D eigenvalue weighted by Crippen LogP contribution is -2.16. The van der Waals surface area contributed by atoms with Gasteiger partial charge in [0, 0.05) is 12.6 Å². The number of aromatic nitrogens is 4. The molecule has 0 saturated carbocycles. The van der Waals surface area contributed by atoms with Gasteiger partial charge in [0.05, 0.1) is 12.3 Å². The summed E-state index contributed by atoms with van der Waals surface area (Å²) < 4.78 is 6.76. The van der Waals surface area contributed by atoms with E-state index in [1.54, 1.807) is 0 Å². The lowest BCUT2D eigenvalue weighted by molar-refractivity contribution is 0.340. The zero-order valence-corrected chi connectivity index (χ0v) is 14.0. The number of nitrogens with one attached hydrogen (secondary N) is 2. The van der Waals surface area contributed by atoms with Gasteiger partial charge in [0.2, 0.25) is 5.95 Å². The van der Waals surface area contributed by atoms with Crippen LogP contribution in [0.2, 0.25) is 0 Å². The van der Waals surface area contributed by atoms with E-state index in [1.807, 2.05) is 45.0 Å². The van der Waals surface area contributed by atoms with Gasteiger partial charge in [-0.2, -0.15) is 9.50 Å². The Labute approximate surface area is 139 Å². The Bertz CT molecular complexity index is 880.